The molecule has 2 rings (SSSR count). The first kappa shape index (κ1) is 11.5. The smallest absolute Gasteiger partial charge is 0.269 e. The van der Waals surface area contributed by atoms with Crippen molar-refractivity contribution in [2.24, 2.45) is 0 Å². The van der Waals surface area contributed by atoms with Crippen LogP contribution in [0.2, 0.25) is 0 Å². The summed E-state index contributed by atoms with van der Waals surface area (Å²) in [6.07, 6.45) is 0.855. The Morgan fingerprint density at radius 2 is 2.18 bits per heavy atom. The Morgan fingerprint density at radius 1 is 1.35 bits per heavy atom. The highest BCUT2D eigenvalue weighted by atomic mass is 19.1. The number of nitrogens with one attached hydrogen (secondary N) is 1. The van der Waals surface area contributed by atoms with Crippen LogP contribution in [0, 0.1) is 5.82 Å². The summed E-state index contributed by atoms with van der Waals surface area (Å²) in [4.78, 5) is 15.7. The van der Waals surface area contributed by atoms with E-state index >= 15 is 0 Å². The highest BCUT2D eigenvalue weighted by Crippen LogP contribution is 2.15. The third-order valence-corrected chi connectivity index (χ3v) is 2.44. The van der Waals surface area contributed by atoms with Gasteiger partial charge in [-0.05, 0) is 18.6 Å². The fourth-order valence-electron chi connectivity index (χ4n) is 1.57. The standard InChI is InChI=1S/C13H13FN2O/c1-2-8-15-13(17)11-7-6-9-4-3-5-10(14)12(9)16-11/h3-7H,2,8H2,1H3,(H,15,17). The second kappa shape index (κ2) is 4.91. The van der Waals surface area contributed by atoms with Gasteiger partial charge in [-0.15, -0.1) is 0 Å². The molecule has 1 aromatic carbocycles. The van der Waals surface area contributed by atoms with E-state index in [2.05, 4.69) is 10.3 Å². The van der Waals surface area contributed by atoms with Crippen LogP contribution >= 0.6 is 0 Å². The number of hydrogen-bond acceptors (Lipinski definition) is 2. The molecule has 0 saturated heterocycles. The van der Waals surface area contributed by atoms with Gasteiger partial charge in [0.25, 0.3) is 5.91 Å². The quantitative estimate of drug-likeness (QED) is 0.883. The summed E-state index contributed by atoms with van der Waals surface area (Å²) in [5.41, 5.74) is 0.479. The number of para-hydroxylation sites is 1. The van der Waals surface area contributed by atoms with E-state index in [1.807, 2.05) is 6.92 Å². The van der Waals surface area contributed by atoms with Crippen molar-refractivity contribution in [1.82, 2.24) is 10.3 Å². The molecule has 1 aromatic heterocycles. The number of carbonyl (C=O) groups excluding carboxylic acids is 1. The monoisotopic (exact) mass is 232 g/mol. The predicted octanol–water partition coefficient (Wildman–Crippen LogP) is 2.51. The Bertz CT molecular complexity index is 554. The van der Waals surface area contributed by atoms with Gasteiger partial charge in [0.05, 0.1) is 0 Å². The van der Waals surface area contributed by atoms with Crippen LogP contribution in [-0.2, 0) is 0 Å². The lowest BCUT2D eigenvalue weighted by atomic mass is 10.2. The molecule has 88 valence electrons. The first-order valence-corrected chi connectivity index (χ1v) is 5.56. The third-order valence-electron chi connectivity index (χ3n) is 2.44. The molecule has 0 spiro atoms. The van der Waals surface area contributed by atoms with Crippen molar-refractivity contribution in [3.05, 3.63) is 41.8 Å². The largest absolute Gasteiger partial charge is 0.351 e. The molecule has 1 N–H and O–H groups in total. The number of aromatic nitrogens is 1. The van der Waals surface area contributed by atoms with E-state index in [9.17, 15) is 9.18 Å². The van der Waals surface area contributed by atoms with Gasteiger partial charge in [-0.3, -0.25) is 4.79 Å². The molecule has 0 bridgehead atoms. The van der Waals surface area contributed by atoms with Gasteiger partial charge in [0.1, 0.15) is 17.0 Å². The van der Waals surface area contributed by atoms with Gasteiger partial charge in [-0.25, -0.2) is 9.37 Å². The topological polar surface area (TPSA) is 42.0 Å². The first-order valence-electron chi connectivity index (χ1n) is 5.56. The van der Waals surface area contributed by atoms with Crippen molar-refractivity contribution in [1.29, 1.82) is 0 Å². The molecule has 3 nitrogen and oxygen atoms in total. The van der Waals surface area contributed by atoms with Gasteiger partial charge in [0, 0.05) is 11.9 Å². The minimum Gasteiger partial charge on any atom is -0.351 e. The van der Waals surface area contributed by atoms with Crippen LogP contribution in [0.1, 0.15) is 23.8 Å². The fraction of sp³-hybridized carbons (Fsp3) is 0.231. The Kier molecular flexibility index (Phi) is 3.32. The van der Waals surface area contributed by atoms with Crippen LogP contribution in [0.15, 0.2) is 30.3 Å². The molecule has 0 aliphatic carbocycles. The van der Waals surface area contributed by atoms with Crippen LogP contribution in [0.4, 0.5) is 4.39 Å². The maximum Gasteiger partial charge on any atom is 0.269 e. The maximum absolute atomic E-state index is 13.5. The summed E-state index contributed by atoms with van der Waals surface area (Å²) in [7, 11) is 0. The van der Waals surface area contributed by atoms with E-state index in [0.29, 0.717) is 11.9 Å². The van der Waals surface area contributed by atoms with Gasteiger partial charge in [-0.1, -0.05) is 25.1 Å². The minimum atomic E-state index is -0.410. The van der Waals surface area contributed by atoms with E-state index in [1.54, 1.807) is 24.3 Å². The van der Waals surface area contributed by atoms with E-state index in [1.165, 1.54) is 6.07 Å². The van der Waals surface area contributed by atoms with Crippen LogP contribution < -0.4 is 5.32 Å². The van der Waals surface area contributed by atoms with Crippen molar-refractivity contribution < 1.29 is 9.18 Å². The molecule has 0 unspecified atom stereocenters. The van der Waals surface area contributed by atoms with Crippen LogP contribution in [-0.4, -0.2) is 17.4 Å². The molecule has 0 aliphatic heterocycles. The first-order chi connectivity index (χ1) is 8.22. The normalized spacial score (nSPS) is 10.5. The highest BCUT2D eigenvalue weighted by Gasteiger charge is 2.09. The molecular weight excluding hydrogens is 219 g/mol. The average molecular weight is 232 g/mol. The minimum absolute atomic E-state index is 0.233. The molecule has 0 aliphatic rings. The van der Waals surface area contributed by atoms with Gasteiger partial charge >= 0.3 is 0 Å². The number of hydrogen-bond donors (Lipinski definition) is 1. The lowest BCUT2D eigenvalue weighted by molar-refractivity contribution is 0.0949. The number of pyridine rings is 1. The molecule has 0 radical (unpaired) electrons. The molecule has 1 amide bonds. The van der Waals surface area contributed by atoms with Gasteiger partial charge < -0.3 is 5.32 Å². The Balaban J connectivity index is 2.37. The van der Waals surface area contributed by atoms with Gasteiger partial charge in [-0.2, -0.15) is 0 Å². The zero-order valence-corrected chi connectivity index (χ0v) is 9.53. The summed E-state index contributed by atoms with van der Waals surface area (Å²) in [5.74, 6) is -0.676. The van der Waals surface area contributed by atoms with E-state index in [-0.39, 0.29) is 17.1 Å². The molecule has 17 heavy (non-hydrogen) atoms. The van der Waals surface area contributed by atoms with E-state index in [4.69, 9.17) is 0 Å². The number of amides is 1. The van der Waals surface area contributed by atoms with Gasteiger partial charge in [0.15, 0.2) is 0 Å². The Labute approximate surface area is 98.7 Å². The van der Waals surface area contributed by atoms with Crippen LogP contribution in [0.5, 0.6) is 0 Å². The van der Waals surface area contributed by atoms with Crippen LogP contribution in [0.3, 0.4) is 0 Å². The van der Waals surface area contributed by atoms with Crippen molar-refractivity contribution in [3.8, 4) is 0 Å². The average Bonchev–Trinajstić information content (AvgIpc) is 2.36. The molecular formula is C13H13FN2O. The summed E-state index contributed by atoms with van der Waals surface area (Å²) in [6.45, 7) is 2.56. The zero-order valence-electron chi connectivity index (χ0n) is 9.53. The lowest BCUT2D eigenvalue weighted by Gasteiger charge is -2.04. The molecule has 0 atom stereocenters. The van der Waals surface area contributed by atoms with Crippen molar-refractivity contribution in [2.45, 2.75) is 13.3 Å². The predicted molar refractivity (Wildman–Crippen MR) is 64.3 cm³/mol. The van der Waals surface area contributed by atoms with Crippen LogP contribution in [0.25, 0.3) is 10.9 Å². The molecule has 1 heterocycles. The number of benzene rings is 1. The van der Waals surface area contributed by atoms with Gasteiger partial charge in [0.2, 0.25) is 0 Å². The number of rotatable bonds is 3. The second-order valence-corrected chi connectivity index (χ2v) is 3.76. The Hall–Kier alpha value is -1.97. The number of halogens is 1. The third kappa shape index (κ3) is 2.41. The second-order valence-electron chi connectivity index (χ2n) is 3.76. The lowest BCUT2D eigenvalue weighted by Crippen LogP contribution is -2.24. The summed E-state index contributed by atoms with van der Waals surface area (Å²) in [6, 6.07) is 8.03. The van der Waals surface area contributed by atoms with E-state index < -0.39 is 5.82 Å². The Morgan fingerprint density at radius 3 is 2.94 bits per heavy atom. The summed E-state index contributed by atoms with van der Waals surface area (Å²) < 4.78 is 13.5. The zero-order chi connectivity index (χ0) is 12.3. The highest BCUT2D eigenvalue weighted by molar-refractivity contribution is 5.94. The summed E-state index contributed by atoms with van der Waals surface area (Å²) in [5, 5.41) is 3.40. The number of nitrogens with zero attached hydrogens (tertiary/aromatic N) is 1. The van der Waals surface area contributed by atoms with Crippen molar-refractivity contribution in [2.75, 3.05) is 6.54 Å². The fourth-order valence-corrected chi connectivity index (χ4v) is 1.57. The molecule has 2 aromatic rings. The van der Waals surface area contributed by atoms with Crippen molar-refractivity contribution in [3.63, 3.8) is 0 Å². The van der Waals surface area contributed by atoms with E-state index in [0.717, 1.165) is 6.42 Å². The van der Waals surface area contributed by atoms with Crippen molar-refractivity contribution >= 4 is 16.8 Å². The maximum atomic E-state index is 13.5. The SMILES string of the molecule is CCCNC(=O)c1ccc2cccc(F)c2n1. The summed E-state index contributed by atoms with van der Waals surface area (Å²) >= 11 is 0. The molecule has 0 fully saturated rings. The molecule has 0 saturated carbocycles. The number of carbonyl (C=O) groups is 1. The number of fused-ring (bicyclic) bond motifs is 1. The molecule has 4 heteroatoms.